The first-order valence-corrected chi connectivity index (χ1v) is 5.93. The van der Waals surface area contributed by atoms with Gasteiger partial charge in [0, 0.05) is 24.7 Å². The Morgan fingerprint density at radius 2 is 2.16 bits per heavy atom. The van der Waals surface area contributed by atoms with E-state index in [1.165, 1.54) is 12.1 Å². The largest absolute Gasteiger partial charge is 0.481 e. The van der Waals surface area contributed by atoms with Crippen LogP contribution < -0.4 is 0 Å². The molecule has 0 aliphatic carbocycles. The van der Waals surface area contributed by atoms with Gasteiger partial charge in [0.1, 0.15) is 11.6 Å². The number of halogens is 2. The first-order chi connectivity index (χ1) is 8.90. The van der Waals surface area contributed by atoms with Gasteiger partial charge < -0.3 is 10.0 Å². The second-order valence-electron chi connectivity index (χ2n) is 4.53. The molecule has 0 aromatic heterocycles. The number of hydrogen-bond donors (Lipinski definition) is 1. The minimum Gasteiger partial charge on any atom is -0.481 e. The Morgan fingerprint density at radius 3 is 2.74 bits per heavy atom. The highest BCUT2D eigenvalue weighted by Crippen LogP contribution is 2.11. The van der Waals surface area contributed by atoms with Gasteiger partial charge in [0.25, 0.3) is 0 Å². The standard InChI is InChI=1S/C14H17F2NO2/c1-10(14(18)19)9-17(2)7-3-4-11-5-6-12(15)8-13(11)16/h3-6,8,10H,7,9H2,1-2H3,(H,18,19)/b4-3+. The third kappa shape index (κ3) is 5.18. The monoisotopic (exact) mass is 269 g/mol. The highest BCUT2D eigenvalue weighted by molar-refractivity contribution is 5.69. The van der Waals surface area contributed by atoms with E-state index in [4.69, 9.17) is 5.11 Å². The van der Waals surface area contributed by atoms with Gasteiger partial charge in [0.05, 0.1) is 5.92 Å². The molecule has 5 heteroatoms. The van der Waals surface area contributed by atoms with Gasteiger partial charge in [-0.15, -0.1) is 0 Å². The van der Waals surface area contributed by atoms with Crippen molar-refractivity contribution in [1.82, 2.24) is 4.90 Å². The maximum atomic E-state index is 13.3. The van der Waals surface area contributed by atoms with Crippen molar-refractivity contribution < 1.29 is 18.7 Å². The smallest absolute Gasteiger partial charge is 0.307 e. The molecule has 19 heavy (non-hydrogen) atoms. The fraction of sp³-hybridized carbons (Fsp3) is 0.357. The molecule has 0 aliphatic heterocycles. The van der Waals surface area contributed by atoms with Gasteiger partial charge in [-0.1, -0.05) is 19.1 Å². The summed E-state index contributed by atoms with van der Waals surface area (Å²) in [4.78, 5) is 12.5. The number of rotatable bonds is 6. The molecule has 0 heterocycles. The molecule has 0 aliphatic rings. The van der Waals surface area contributed by atoms with Crippen molar-refractivity contribution in [2.24, 2.45) is 5.92 Å². The maximum absolute atomic E-state index is 13.3. The Labute approximate surface area is 111 Å². The number of hydrogen-bond acceptors (Lipinski definition) is 2. The topological polar surface area (TPSA) is 40.5 Å². The van der Waals surface area contributed by atoms with E-state index in [-0.39, 0.29) is 0 Å². The number of likely N-dealkylation sites (N-methyl/N-ethyl adjacent to an activating group) is 1. The number of carboxylic acid groups (broad SMARTS) is 1. The number of aliphatic carboxylic acids is 1. The van der Waals surface area contributed by atoms with Gasteiger partial charge >= 0.3 is 5.97 Å². The van der Waals surface area contributed by atoms with Crippen LogP contribution in [0.2, 0.25) is 0 Å². The third-order valence-corrected chi connectivity index (χ3v) is 2.68. The van der Waals surface area contributed by atoms with Gasteiger partial charge in [0.15, 0.2) is 0 Å². The molecule has 104 valence electrons. The van der Waals surface area contributed by atoms with E-state index < -0.39 is 23.5 Å². The lowest BCUT2D eigenvalue weighted by Gasteiger charge is -2.16. The molecule has 1 rings (SSSR count). The van der Waals surface area contributed by atoms with Gasteiger partial charge in [-0.2, -0.15) is 0 Å². The molecule has 0 amide bonds. The molecule has 1 aromatic rings. The van der Waals surface area contributed by atoms with Crippen LogP contribution in [0.15, 0.2) is 24.3 Å². The van der Waals surface area contributed by atoms with Crippen LogP contribution in [0.25, 0.3) is 6.08 Å². The maximum Gasteiger partial charge on any atom is 0.307 e. The molecule has 0 saturated carbocycles. The van der Waals surface area contributed by atoms with Gasteiger partial charge in [-0.25, -0.2) is 8.78 Å². The summed E-state index contributed by atoms with van der Waals surface area (Å²) in [5, 5.41) is 8.77. The summed E-state index contributed by atoms with van der Waals surface area (Å²) < 4.78 is 26.0. The van der Waals surface area contributed by atoms with Crippen molar-refractivity contribution >= 4 is 12.0 Å². The number of carboxylic acids is 1. The Hall–Kier alpha value is -1.75. The minimum atomic E-state index is -0.847. The predicted molar refractivity (Wildman–Crippen MR) is 69.7 cm³/mol. The van der Waals surface area contributed by atoms with Crippen LogP contribution in [-0.4, -0.2) is 36.1 Å². The van der Waals surface area contributed by atoms with Crippen LogP contribution in [0.3, 0.4) is 0 Å². The first-order valence-electron chi connectivity index (χ1n) is 5.93. The van der Waals surface area contributed by atoms with Crippen LogP contribution >= 0.6 is 0 Å². The van der Waals surface area contributed by atoms with E-state index in [1.54, 1.807) is 26.1 Å². The second-order valence-corrected chi connectivity index (χ2v) is 4.53. The zero-order chi connectivity index (χ0) is 14.4. The van der Waals surface area contributed by atoms with Crippen LogP contribution in [0, 0.1) is 17.6 Å². The summed E-state index contributed by atoms with van der Waals surface area (Å²) in [6.07, 6.45) is 3.27. The SMILES string of the molecule is CC(CN(C)C/C=C/c1ccc(F)cc1F)C(=O)O. The molecular formula is C14H17F2NO2. The molecule has 0 fully saturated rings. The van der Waals surface area contributed by atoms with Crippen molar-refractivity contribution in [1.29, 1.82) is 0 Å². The van der Waals surface area contributed by atoms with E-state index in [0.717, 1.165) is 6.07 Å². The van der Waals surface area contributed by atoms with Crippen molar-refractivity contribution in [3.05, 3.63) is 41.5 Å². The second kappa shape index (κ2) is 6.99. The zero-order valence-electron chi connectivity index (χ0n) is 10.9. The first kappa shape index (κ1) is 15.3. The summed E-state index contributed by atoms with van der Waals surface area (Å²) in [6, 6.07) is 3.38. The predicted octanol–water partition coefficient (Wildman–Crippen LogP) is 2.63. The minimum absolute atomic E-state index is 0.307. The molecule has 0 saturated heterocycles. The van der Waals surface area contributed by atoms with Gasteiger partial charge in [-0.05, 0) is 19.2 Å². The van der Waals surface area contributed by atoms with E-state index in [2.05, 4.69) is 0 Å². The summed E-state index contributed by atoms with van der Waals surface area (Å²) in [5.41, 5.74) is 0.307. The quantitative estimate of drug-likeness (QED) is 0.863. The summed E-state index contributed by atoms with van der Waals surface area (Å²) in [6.45, 7) is 2.53. The van der Waals surface area contributed by atoms with Crippen molar-refractivity contribution in [2.45, 2.75) is 6.92 Å². The van der Waals surface area contributed by atoms with Crippen LogP contribution in [0.1, 0.15) is 12.5 Å². The van der Waals surface area contributed by atoms with Crippen LogP contribution in [0.4, 0.5) is 8.78 Å². The molecule has 3 nitrogen and oxygen atoms in total. The summed E-state index contributed by atoms with van der Waals surface area (Å²) in [7, 11) is 1.78. The number of carbonyl (C=O) groups is 1. The number of nitrogens with zero attached hydrogens (tertiary/aromatic N) is 1. The van der Waals surface area contributed by atoms with Crippen molar-refractivity contribution in [2.75, 3.05) is 20.1 Å². The normalized spacial score (nSPS) is 13.1. The molecule has 1 N–H and O–H groups in total. The van der Waals surface area contributed by atoms with Crippen molar-refractivity contribution in [3.63, 3.8) is 0 Å². The average Bonchev–Trinajstić information content (AvgIpc) is 2.31. The Morgan fingerprint density at radius 1 is 1.47 bits per heavy atom. The fourth-order valence-electron chi connectivity index (χ4n) is 1.62. The Kier molecular flexibility index (Phi) is 5.63. The lowest BCUT2D eigenvalue weighted by molar-refractivity contribution is -0.141. The van der Waals surface area contributed by atoms with E-state index in [1.807, 2.05) is 4.90 Å². The van der Waals surface area contributed by atoms with Crippen molar-refractivity contribution in [3.8, 4) is 0 Å². The van der Waals surface area contributed by atoms with Crippen LogP contribution in [0.5, 0.6) is 0 Å². The molecule has 1 aromatic carbocycles. The highest BCUT2D eigenvalue weighted by Gasteiger charge is 2.12. The van der Waals surface area contributed by atoms with Crippen LogP contribution in [-0.2, 0) is 4.79 Å². The molecule has 0 radical (unpaired) electrons. The zero-order valence-corrected chi connectivity index (χ0v) is 10.9. The number of benzene rings is 1. The van der Waals surface area contributed by atoms with Gasteiger partial charge in [0.2, 0.25) is 0 Å². The molecule has 0 spiro atoms. The highest BCUT2D eigenvalue weighted by atomic mass is 19.1. The summed E-state index contributed by atoms with van der Waals surface area (Å²) >= 11 is 0. The Balaban J connectivity index is 2.51. The lowest BCUT2D eigenvalue weighted by Crippen LogP contribution is -2.28. The molecule has 1 unspecified atom stereocenters. The van der Waals surface area contributed by atoms with E-state index in [0.29, 0.717) is 18.7 Å². The third-order valence-electron chi connectivity index (χ3n) is 2.68. The fourth-order valence-corrected chi connectivity index (χ4v) is 1.62. The molecular weight excluding hydrogens is 252 g/mol. The average molecular weight is 269 g/mol. The molecule has 1 atom stereocenters. The Bertz CT molecular complexity index is 475. The van der Waals surface area contributed by atoms with E-state index >= 15 is 0 Å². The van der Waals surface area contributed by atoms with E-state index in [9.17, 15) is 13.6 Å². The lowest BCUT2D eigenvalue weighted by atomic mass is 10.1. The summed E-state index contributed by atoms with van der Waals surface area (Å²) in [5.74, 6) is -2.53. The van der Waals surface area contributed by atoms with Gasteiger partial charge in [-0.3, -0.25) is 4.79 Å². The molecule has 0 bridgehead atoms.